The molecule has 0 fully saturated rings. The van der Waals surface area contributed by atoms with E-state index in [0.717, 1.165) is 37.5 Å². The zero-order valence-electron chi connectivity index (χ0n) is 14.0. The molecule has 0 bridgehead atoms. The minimum absolute atomic E-state index is 0.579. The van der Waals surface area contributed by atoms with Crippen LogP contribution in [-0.2, 0) is 0 Å². The number of ether oxygens (including phenoxy) is 2. The van der Waals surface area contributed by atoms with Gasteiger partial charge in [0.1, 0.15) is 0 Å². The van der Waals surface area contributed by atoms with Crippen LogP contribution in [-0.4, -0.2) is 25.8 Å². The Bertz CT molecular complexity index is 379. The molecule has 0 aromatic heterocycles. The van der Waals surface area contributed by atoms with Gasteiger partial charge < -0.3 is 14.8 Å². The first-order chi connectivity index (χ1) is 10.2. The summed E-state index contributed by atoms with van der Waals surface area (Å²) >= 11 is 0. The summed E-state index contributed by atoms with van der Waals surface area (Å²) in [5, 5.41) is 3.62. The second-order valence-corrected chi connectivity index (χ2v) is 5.68. The zero-order chi connectivity index (χ0) is 15.5. The van der Waals surface area contributed by atoms with Gasteiger partial charge in [0.2, 0.25) is 0 Å². The Morgan fingerprint density at radius 1 is 1.05 bits per heavy atom. The Labute approximate surface area is 130 Å². The van der Waals surface area contributed by atoms with E-state index in [1.807, 2.05) is 31.2 Å². The highest BCUT2D eigenvalue weighted by Crippen LogP contribution is 2.26. The van der Waals surface area contributed by atoms with Crippen LogP contribution in [0.1, 0.15) is 47.0 Å². The summed E-state index contributed by atoms with van der Waals surface area (Å²) in [5.41, 5.74) is 0. The van der Waals surface area contributed by atoms with Crippen molar-refractivity contribution in [1.82, 2.24) is 5.32 Å². The number of para-hydroxylation sites is 2. The van der Waals surface area contributed by atoms with E-state index in [4.69, 9.17) is 9.47 Å². The molecule has 0 aliphatic heterocycles. The van der Waals surface area contributed by atoms with Crippen molar-refractivity contribution in [1.29, 1.82) is 0 Å². The van der Waals surface area contributed by atoms with Gasteiger partial charge in [-0.2, -0.15) is 0 Å². The molecule has 0 saturated carbocycles. The number of hydrogen-bond donors (Lipinski definition) is 1. The van der Waals surface area contributed by atoms with E-state index < -0.39 is 0 Å². The van der Waals surface area contributed by atoms with Crippen LogP contribution in [0.25, 0.3) is 0 Å². The molecular formula is C18H31NO2. The molecule has 120 valence electrons. The second-order valence-electron chi connectivity index (χ2n) is 5.68. The van der Waals surface area contributed by atoms with Gasteiger partial charge in [0.15, 0.2) is 11.5 Å². The third-order valence-corrected chi connectivity index (χ3v) is 3.53. The van der Waals surface area contributed by atoms with Crippen LogP contribution in [0.4, 0.5) is 0 Å². The molecule has 1 unspecified atom stereocenters. The molecular weight excluding hydrogens is 262 g/mol. The Morgan fingerprint density at radius 2 is 1.71 bits per heavy atom. The molecule has 21 heavy (non-hydrogen) atoms. The van der Waals surface area contributed by atoms with Gasteiger partial charge in [-0.15, -0.1) is 0 Å². The summed E-state index contributed by atoms with van der Waals surface area (Å²) in [6.07, 6.45) is 3.38. The third-order valence-electron chi connectivity index (χ3n) is 3.53. The van der Waals surface area contributed by atoms with Crippen molar-refractivity contribution in [3.8, 4) is 11.5 Å². The van der Waals surface area contributed by atoms with Crippen molar-refractivity contribution in [2.45, 2.75) is 53.0 Å². The standard InChI is InChI=1S/C18H31NO2/c1-5-13-19-16(15(3)4)10-9-14-21-18-12-8-7-11-17(18)20-6-2/h7-8,11-12,15-16,19H,5-6,9-10,13-14H2,1-4H3. The number of hydrogen-bond acceptors (Lipinski definition) is 3. The first kappa shape index (κ1) is 17.8. The average Bonchev–Trinajstić information content (AvgIpc) is 2.48. The Kier molecular flexibility index (Phi) is 8.91. The smallest absolute Gasteiger partial charge is 0.161 e. The lowest BCUT2D eigenvalue weighted by atomic mass is 9.99. The zero-order valence-corrected chi connectivity index (χ0v) is 14.0. The number of benzene rings is 1. The molecule has 0 amide bonds. The molecule has 3 heteroatoms. The maximum absolute atomic E-state index is 5.87. The minimum Gasteiger partial charge on any atom is -0.490 e. The van der Waals surface area contributed by atoms with E-state index in [1.54, 1.807) is 0 Å². The summed E-state index contributed by atoms with van der Waals surface area (Å²) in [6, 6.07) is 8.47. The normalized spacial score (nSPS) is 12.4. The molecule has 1 rings (SSSR count). The van der Waals surface area contributed by atoms with E-state index in [-0.39, 0.29) is 0 Å². The van der Waals surface area contributed by atoms with Crippen molar-refractivity contribution in [2.75, 3.05) is 19.8 Å². The predicted octanol–water partition coefficient (Wildman–Crippen LogP) is 4.27. The first-order valence-electron chi connectivity index (χ1n) is 8.27. The van der Waals surface area contributed by atoms with E-state index in [9.17, 15) is 0 Å². The summed E-state index contributed by atoms with van der Waals surface area (Å²) < 4.78 is 11.4. The Balaban J connectivity index is 2.35. The first-order valence-corrected chi connectivity index (χ1v) is 8.27. The van der Waals surface area contributed by atoms with Crippen molar-refractivity contribution >= 4 is 0 Å². The largest absolute Gasteiger partial charge is 0.490 e. The highest BCUT2D eigenvalue weighted by Gasteiger charge is 2.12. The van der Waals surface area contributed by atoms with E-state index in [2.05, 4.69) is 26.1 Å². The molecule has 1 aromatic carbocycles. The average molecular weight is 293 g/mol. The van der Waals surface area contributed by atoms with Crippen LogP contribution in [0, 0.1) is 5.92 Å². The lowest BCUT2D eigenvalue weighted by molar-refractivity contribution is 0.259. The minimum atomic E-state index is 0.579. The van der Waals surface area contributed by atoms with Gasteiger partial charge in [-0.1, -0.05) is 32.9 Å². The molecule has 3 nitrogen and oxygen atoms in total. The summed E-state index contributed by atoms with van der Waals surface area (Å²) in [7, 11) is 0. The van der Waals surface area contributed by atoms with Gasteiger partial charge in [0.25, 0.3) is 0 Å². The second kappa shape index (κ2) is 10.5. The molecule has 0 heterocycles. The van der Waals surface area contributed by atoms with Crippen LogP contribution < -0.4 is 14.8 Å². The third kappa shape index (κ3) is 6.85. The lowest BCUT2D eigenvalue weighted by Crippen LogP contribution is -2.34. The van der Waals surface area contributed by atoms with Crippen LogP contribution in [0.2, 0.25) is 0 Å². The van der Waals surface area contributed by atoms with Gasteiger partial charge in [0, 0.05) is 6.04 Å². The van der Waals surface area contributed by atoms with Crippen LogP contribution in [0.3, 0.4) is 0 Å². The molecule has 0 saturated heterocycles. The van der Waals surface area contributed by atoms with Gasteiger partial charge in [-0.3, -0.25) is 0 Å². The van der Waals surface area contributed by atoms with Crippen molar-refractivity contribution < 1.29 is 9.47 Å². The van der Waals surface area contributed by atoms with Gasteiger partial charge in [-0.25, -0.2) is 0 Å². The van der Waals surface area contributed by atoms with E-state index in [0.29, 0.717) is 18.6 Å². The van der Waals surface area contributed by atoms with Gasteiger partial charge >= 0.3 is 0 Å². The molecule has 1 atom stereocenters. The van der Waals surface area contributed by atoms with Crippen molar-refractivity contribution in [3.05, 3.63) is 24.3 Å². The van der Waals surface area contributed by atoms with Gasteiger partial charge in [0.05, 0.1) is 13.2 Å². The highest BCUT2D eigenvalue weighted by molar-refractivity contribution is 5.39. The quantitative estimate of drug-likeness (QED) is 0.618. The Hall–Kier alpha value is -1.22. The molecule has 1 aromatic rings. The van der Waals surface area contributed by atoms with Gasteiger partial charge in [-0.05, 0) is 50.8 Å². The summed E-state index contributed by atoms with van der Waals surface area (Å²) in [4.78, 5) is 0. The summed E-state index contributed by atoms with van der Waals surface area (Å²) in [5.74, 6) is 2.35. The topological polar surface area (TPSA) is 30.5 Å². The fourth-order valence-corrected chi connectivity index (χ4v) is 2.33. The highest BCUT2D eigenvalue weighted by atomic mass is 16.5. The number of rotatable bonds is 11. The molecule has 0 aliphatic rings. The molecule has 0 radical (unpaired) electrons. The van der Waals surface area contributed by atoms with Crippen LogP contribution >= 0.6 is 0 Å². The maximum Gasteiger partial charge on any atom is 0.161 e. The summed E-state index contributed by atoms with van der Waals surface area (Å²) in [6.45, 7) is 11.2. The fraction of sp³-hybridized carbons (Fsp3) is 0.667. The number of nitrogens with one attached hydrogen (secondary N) is 1. The van der Waals surface area contributed by atoms with Crippen molar-refractivity contribution in [3.63, 3.8) is 0 Å². The molecule has 1 N–H and O–H groups in total. The fourth-order valence-electron chi connectivity index (χ4n) is 2.33. The molecule has 0 aliphatic carbocycles. The van der Waals surface area contributed by atoms with Crippen molar-refractivity contribution in [2.24, 2.45) is 5.92 Å². The predicted molar refractivity (Wildman–Crippen MR) is 89.3 cm³/mol. The van der Waals surface area contributed by atoms with Crippen LogP contribution in [0.15, 0.2) is 24.3 Å². The maximum atomic E-state index is 5.87. The lowest BCUT2D eigenvalue weighted by Gasteiger charge is -2.22. The monoisotopic (exact) mass is 293 g/mol. The Morgan fingerprint density at radius 3 is 2.29 bits per heavy atom. The van der Waals surface area contributed by atoms with E-state index >= 15 is 0 Å². The van der Waals surface area contributed by atoms with E-state index in [1.165, 1.54) is 6.42 Å². The molecule has 0 spiro atoms. The van der Waals surface area contributed by atoms with Crippen LogP contribution in [0.5, 0.6) is 11.5 Å². The SMILES string of the molecule is CCCNC(CCCOc1ccccc1OCC)C(C)C.